The fraction of sp³-hybridized carbons (Fsp3) is 0.200. The first-order chi connectivity index (χ1) is 25.0. The van der Waals surface area contributed by atoms with E-state index in [4.69, 9.17) is 9.72 Å². The molecule has 52 heavy (non-hydrogen) atoms. The summed E-state index contributed by atoms with van der Waals surface area (Å²) in [4.78, 5) is 9.07. The number of anilines is 4. The number of rotatable bonds is 7. The smallest absolute Gasteiger partial charge is 0.135 e. The van der Waals surface area contributed by atoms with E-state index in [0.717, 1.165) is 63.2 Å². The fourth-order valence-electron chi connectivity index (χ4n) is 7.72. The molecule has 5 aromatic carbocycles. The molecule has 0 radical (unpaired) electrons. The van der Waals surface area contributed by atoms with E-state index in [9.17, 15) is 4.39 Å². The second kappa shape index (κ2) is 14.2. The van der Waals surface area contributed by atoms with E-state index in [2.05, 4.69) is 114 Å². The molecular weight excluding hydrogens is 827 g/mol. The standard InChI is InChI=1S/C45H38FN4O.Pt/c1-30(2)32-22-23-47-45(26-32)50-41-13-7-6-12-39(41)40-21-20-37(28-44(40)50)51-38-25-33(31-10-4-3-5-11-31)24-36(27-38)49-29-48(35-18-16-34(46)17-19-35)42-14-8-9-15-43(42)49;/h6-9,12-26,29-31H,3-5,10-11H2,1-2H3;/q-3;. The molecule has 1 fully saturated rings. The van der Waals surface area contributed by atoms with Crippen LogP contribution >= 0.6 is 0 Å². The first-order valence-corrected chi connectivity index (χ1v) is 18.0. The number of aromatic nitrogens is 2. The fourth-order valence-corrected chi connectivity index (χ4v) is 7.72. The minimum absolute atomic E-state index is 0. The Morgan fingerprint density at radius 3 is 2.31 bits per heavy atom. The van der Waals surface area contributed by atoms with Gasteiger partial charge in [0, 0.05) is 61.3 Å². The van der Waals surface area contributed by atoms with E-state index < -0.39 is 0 Å². The molecule has 1 aliphatic carbocycles. The van der Waals surface area contributed by atoms with Crippen molar-refractivity contribution >= 4 is 44.6 Å². The van der Waals surface area contributed by atoms with Crippen molar-refractivity contribution in [3.8, 4) is 17.3 Å². The Hall–Kier alpha value is -4.93. The van der Waals surface area contributed by atoms with Crippen LogP contribution in [0.5, 0.6) is 11.5 Å². The third kappa shape index (κ3) is 6.28. The molecule has 9 rings (SSSR count). The van der Waals surface area contributed by atoms with Crippen LogP contribution in [0.4, 0.5) is 27.1 Å². The van der Waals surface area contributed by atoms with Crippen molar-refractivity contribution in [2.45, 2.75) is 57.8 Å². The molecule has 2 aliphatic rings. The summed E-state index contributed by atoms with van der Waals surface area (Å²) in [6.07, 6.45) is 7.95. The van der Waals surface area contributed by atoms with Crippen LogP contribution in [0.2, 0.25) is 0 Å². The molecule has 0 atom stereocenters. The SMILES string of the molecule is CC(C)c1ccnc(-n2c3[c-]c(Oc4[c-]c(N5[CH-]N(c6ccc(F)cc6)c6ccccc65)cc(C5CCCCC5)c4)ccc3c3ccccc32)c1.[Pt]. The van der Waals surface area contributed by atoms with E-state index in [1.807, 2.05) is 36.5 Å². The summed E-state index contributed by atoms with van der Waals surface area (Å²) in [6.45, 7) is 6.47. The number of hydrogen-bond acceptors (Lipinski definition) is 4. The second-order valence-electron chi connectivity index (χ2n) is 14.0. The topological polar surface area (TPSA) is 33.5 Å². The molecule has 2 aromatic heterocycles. The van der Waals surface area contributed by atoms with Crippen molar-refractivity contribution < 1.29 is 30.2 Å². The number of ether oxygens (including phenoxy) is 1. The average Bonchev–Trinajstić information content (AvgIpc) is 3.72. The first kappa shape index (κ1) is 34.2. The molecule has 1 aliphatic heterocycles. The number of benzene rings is 5. The van der Waals surface area contributed by atoms with E-state index in [1.165, 1.54) is 42.5 Å². The predicted molar refractivity (Wildman–Crippen MR) is 204 cm³/mol. The van der Waals surface area contributed by atoms with Gasteiger partial charge in [-0.05, 0) is 90.2 Å². The molecule has 7 aromatic rings. The van der Waals surface area contributed by atoms with Gasteiger partial charge in [0.15, 0.2) is 0 Å². The average molecular weight is 865 g/mol. The van der Waals surface area contributed by atoms with E-state index in [-0.39, 0.29) is 26.9 Å². The summed E-state index contributed by atoms with van der Waals surface area (Å²) in [5, 5.41) is 2.24. The molecule has 0 spiro atoms. The van der Waals surface area contributed by atoms with Gasteiger partial charge in [0.05, 0.1) is 0 Å². The van der Waals surface area contributed by atoms with Crippen LogP contribution in [-0.2, 0) is 21.1 Å². The summed E-state index contributed by atoms with van der Waals surface area (Å²) in [6, 6.07) is 43.4. The Morgan fingerprint density at radius 2 is 1.52 bits per heavy atom. The van der Waals surface area contributed by atoms with E-state index in [0.29, 0.717) is 23.3 Å². The van der Waals surface area contributed by atoms with E-state index in [1.54, 1.807) is 0 Å². The molecular formula is C45H38FN4OPt-3. The maximum absolute atomic E-state index is 13.9. The number of hydrogen-bond donors (Lipinski definition) is 0. The second-order valence-corrected chi connectivity index (χ2v) is 14.0. The molecule has 0 N–H and O–H groups in total. The van der Waals surface area contributed by atoms with Crippen molar-refractivity contribution in [3.63, 3.8) is 0 Å². The van der Waals surface area contributed by atoms with Crippen molar-refractivity contribution in [3.05, 3.63) is 151 Å². The molecule has 0 amide bonds. The van der Waals surface area contributed by atoms with Gasteiger partial charge >= 0.3 is 0 Å². The van der Waals surface area contributed by atoms with Crippen LogP contribution in [0.3, 0.4) is 0 Å². The molecule has 0 unspecified atom stereocenters. The molecule has 5 nitrogen and oxygen atoms in total. The Bertz CT molecular complexity index is 2380. The number of nitrogens with zero attached hydrogens (tertiary/aromatic N) is 4. The van der Waals surface area contributed by atoms with Crippen molar-refractivity contribution in [2.75, 3.05) is 9.80 Å². The summed E-state index contributed by atoms with van der Waals surface area (Å²) < 4.78 is 22.8. The van der Waals surface area contributed by atoms with Crippen LogP contribution in [-0.4, -0.2) is 9.55 Å². The van der Waals surface area contributed by atoms with Gasteiger partial charge in [0.1, 0.15) is 11.6 Å². The maximum Gasteiger partial charge on any atom is 0.135 e. The van der Waals surface area contributed by atoms with Gasteiger partial charge in [-0.2, -0.15) is 6.07 Å². The van der Waals surface area contributed by atoms with E-state index >= 15 is 0 Å². The van der Waals surface area contributed by atoms with Crippen LogP contribution in [0.1, 0.15) is 68.9 Å². The van der Waals surface area contributed by atoms with Gasteiger partial charge in [-0.25, -0.2) is 9.37 Å². The van der Waals surface area contributed by atoms with Gasteiger partial charge in [0.2, 0.25) is 0 Å². The van der Waals surface area contributed by atoms with Crippen molar-refractivity contribution in [2.24, 2.45) is 0 Å². The van der Waals surface area contributed by atoms with Crippen molar-refractivity contribution in [1.82, 2.24) is 9.55 Å². The van der Waals surface area contributed by atoms with Gasteiger partial charge in [-0.1, -0.05) is 69.0 Å². The molecule has 0 bridgehead atoms. The Morgan fingerprint density at radius 1 is 0.769 bits per heavy atom. The zero-order valence-electron chi connectivity index (χ0n) is 29.1. The normalized spacial score (nSPS) is 14.6. The minimum atomic E-state index is -0.255. The zero-order chi connectivity index (χ0) is 34.5. The summed E-state index contributed by atoms with van der Waals surface area (Å²) in [5.41, 5.74) is 8.32. The molecule has 7 heteroatoms. The monoisotopic (exact) mass is 864 g/mol. The van der Waals surface area contributed by atoms with Gasteiger partial charge in [-0.15, -0.1) is 53.6 Å². The predicted octanol–water partition coefficient (Wildman–Crippen LogP) is 12.3. The third-order valence-electron chi connectivity index (χ3n) is 10.4. The summed E-state index contributed by atoms with van der Waals surface area (Å²) in [7, 11) is 0. The Balaban J connectivity index is 0.00000387. The number of fused-ring (bicyclic) bond motifs is 4. The maximum atomic E-state index is 13.9. The first-order valence-electron chi connectivity index (χ1n) is 18.0. The van der Waals surface area contributed by atoms with Crippen LogP contribution in [0.15, 0.2) is 115 Å². The van der Waals surface area contributed by atoms with Crippen molar-refractivity contribution in [1.29, 1.82) is 0 Å². The number of halogens is 1. The summed E-state index contributed by atoms with van der Waals surface area (Å²) in [5.74, 6) is 2.71. The van der Waals surface area contributed by atoms with Crippen LogP contribution in [0.25, 0.3) is 27.6 Å². The molecule has 264 valence electrons. The quantitative estimate of drug-likeness (QED) is 0.150. The number of para-hydroxylation sites is 3. The van der Waals surface area contributed by atoms with Gasteiger partial charge in [-0.3, -0.25) is 0 Å². The largest absolute Gasteiger partial charge is 0.509 e. The number of pyridine rings is 1. The van der Waals surface area contributed by atoms with Gasteiger partial charge in [0.25, 0.3) is 0 Å². The molecule has 0 saturated heterocycles. The minimum Gasteiger partial charge on any atom is -0.509 e. The molecule has 3 heterocycles. The van der Waals surface area contributed by atoms with Crippen LogP contribution in [0, 0.1) is 24.6 Å². The van der Waals surface area contributed by atoms with Gasteiger partial charge < -0.3 is 19.1 Å². The Labute approximate surface area is 318 Å². The zero-order valence-corrected chi connectivity index (χ0v) is 31.4. The Kier molecular flexibility index (Phi) is 9.36. The third-order valence-corrected chi connectivity index (χ3v) is 10.4. The van der Waals surface area contributed by atoms with Crippen LogP contribution < -0.4 is 14.5 Å². The summed E-state index contributed by atoms with van der Waals surface area (Å²) >= 11 is 0. The molecule has 1 saturated carbocycles.